The Bertz CT molecular complexity index is 1320. The van der Waals surface area contributed by atoms with Gasteiger partial charge in [0, 0.05) is 23.3 Å². The molecular weight excluding hydrogens is 434 g/mol. The van der Waals surface area contributed by atoms with Crippen LogP contribution in [0.15, 0.2) is 60.9 Å². The molecule has 1 saturated carbocycles. The van der Waals surface area contributed by atoms with E-state index in [0.29, 0.717) is 18.5 Å². The van der Waals surface area contributed by atoms with Gasteiger partial charge in [0.05, 0.1) is 5.39 Å². The highest BCUT2D eigenvalue weighted by Gasteiger charge is 2.32. The predicted molar refractivity (Wildman–Crippen MR) is 140 cm³/mol. The normalized spacial score (nSPS) is 20.6. The Kier molecular flexibility index (Phi) is 5.90. The first-order valence-corrected chi connectivity index (χ1v) is 12.8. The van der Waals surface area contributed by atoms with E-state index < -0.39 is 0 Å². The van der Waals surface area contributed by atoms with E-state index in [0.717, 1.165) is 39.5 Å². The number of hydrogen-bond donors (Lipinski definition) is 1. The molecule has 180 valence electrons. The fraction of sp³-hybridized carbons (Fsp3) is 0.379. The second-order valence-corrected chi connectivity index (χ2v) is 9.94. The third-order valence-corrected chi connectivity index (χ3v) is 7.87. The molecule has 6 heteroatoms. The molecule has 2 aromatic carbocycles. The van der Waals surface area contributed by atoms with E-state index in [1.54, 1.807) is 6.33 Å². The summed E-state index contributed by atoms with van der Waals surface area (Å²) in [6, 6.07) is 19.8. The average molecular weight is 468 g/mol. The van der Waals surface area contributed by atoms with Crippen molar-refractivity contribution in [2.75, 3.05) is 18.8 Å². The monoisotopic (exact) mass is 467 g/mol. The molecule has 0 amide bonds. The number of anilines is 1. The lowest BCUT2D eigenvalue weighted by molar-refractivity contribution is 0.0805. The van der Waals surface area contributed by atoms with Crippen molar-refractivity contribution in [1.82, 2.24) is 19.4 Å². The van der Waals surface area contributed by atoms with Crippen molar-refractivity contribution in [3.05, 3.63) is 72.2 Å². The second-order valence-electron chi connectivity index (χ2n) is 9.94. The number of aromatic nitrogens is 3. The van der Waals surface area contributed by atoms with Crippen molar-refractivity contribution < 1.29 is 4.74 Å². The molecule has 2 aromatic heterocycles. The number of hydrogen-bond acceptors (Lipinski definition) is 5. The van der Waals surface area contributed by atoms with Gasteiger partial charge in [0.15, 0.2) is 0 Å². The van der Waals surface area contributed by atoms with E-state index in [1.807, 2.05) is 24.3 Å². The molecule has 2 fully saturated rings. The Labute approximate surface area is 206 Å². The average Bonchev–Trinajstić information content (AvgIpc) is 3.16. The second kappa shape index (κ2) is 9.34. The molecule has 1 aliphatic heterocycles. The first kappa shape index (κ1) is 22.1. The zero-order chi connectivity index (χ0) is 23.8. The number of fused-ring (bicyclic) bond motifs is 1. The third-order valence-electron chi connectivity index (χ3n) is 7.87. The summed E-state index contributed by atoms with van der Waals surface area (Å²) in [5.74, 6) is 1.38. The van der Waals surface area contributed by atoms with E-state index in [1.165, 1.54) is 50.9 Å². The Morgan fingerprint density at radius 1 is 0.943 bits per heavy atom. The van der Waals surface area contributed by atoms with Crippen LogP contribution in [0, 0.1) is 6.92 Å². The van der Waals surface area contributed by atoms with Crippen molar-refractivity contribution in [3.63, 3.8) is 0 Å². The first-order chi connectivity index (χ1) is 17.2. The van der Waals surface area contributed by atoms with E-state index in [9.17, 15) is 0 Å². The first-order valence-electron chi connectivity index (χ1n) is 12.8. The van der Waals surface area contributed by atoms with Gasteiger partial charge in [0.1, 0.15) is 30.1 Å². The standard InChI is InChI=1S/C29H33N5O/c1-20-26(22-9-5-10-25(17-22)35-18-21-7-3-2-4-8-21)27-28(30)31-19-32-29(27)34(20)24-13-11-23(12-14-24)33-15-6-16-33/h2-5,7-10,17,19,23-24H,6,11-16,18H2,1H3,(H2,30,31,32). The summed E-state index contributed by atoms with van der Waals surface area (Å²) in [7, 11) is 0. The van der Waals surface area contributed by atoms with Gasteiger partial charge in [-0.3, -0.25) is 0 Å². The number of nitrogens with zero attached hydrogens (tertiary/aromatic N) is 4. The molecule has 2 aliphatic rings. The van der Waals surface area contributed by atoms with Crippen LogP contribution in [0.1, 0.15) is 49.4 Å². The number of benzene rings is 2. The molecule has 1 saturated heterocycles. The molecule has 6 rings (SSSR count). The number of rotatable bonds is 6. The molecule has 2 N–H and O–H groups in total. The van der Waals surface area contributed by atoms with Crippen LogP contribution in [-0.2, 0) is 6.61 Å². The number of nitrogens with two attached hydrogens (primary N) is 1. The van der Waals surface area contributed by atoms with Gasteiger partial charge in [-0.15, -0.1) is 0 Å². The van der Waals surface area contributed by atoms with Gasteiger partial charge in [-0.05, 0) is 75.4 Å². The summed E-state index contributed by atoms with van der Waals surface area (Å²) < 4.78 is 8.57. The molecule has 0 bridgehead atoms. The fourth-order valence-electron chi connectivity index (χ4n) is 5.94. The quantitative estimate of drug-likeness (QED) is 0.391. The Morgan fingerprint density at radius 2 is 1.71 bits per heavy atom. The lowest BCUT2D eigenvalue weighted by atomic mass is 9.88. The largest absolute Gasteiger partial charge is 0.489 e. The van der Waals surface area contributed by atoms with E-state index in [-0.39, 0.29) is 0 Å². The van der Waals surface area contributed by atoms with Crippen LogP contribution < -0.4 is 10.5 Å². The third kappa shape index (κ3) is 4.16. The molecule has 0 radical (unpaired) electrons. The number of nitrogen functional groups attached to an aromatic ring is 1. The topological polar surface area (TPSA) is 69.2 Å². The highest BCUT2D eigenvalue weighted by molar-refractivity contribution is 6.02. The molecule has 1 aliphatic carbocycles. The van der Waals surface area contributed by atoms with Gasteiger partial charge in [0.25, 0.3) is 0 Å². The highest BCUT2D eigenvalue weighted by Crippen LogP contribution is 2.42. The molecule has 4 aromatic rings. The Morgan fingerprint density at radius 3 is 2.46 bits per heavy atom. The summed E-state index contributed by atoms with van der Waals surface area (Å²) in [6.07, 6.45) is 7.81. The summed E-state index contributed by atoms with van der Waals surface area (Å²) in [6.45, 7) is 5.29. The van der Waals surface area contributed by atoms with Gasteiger partial charge in [-0.2, -0.15) is 0 Å². The minimum absolute atomic E-state index is 0.440. The molecular formula is C29H33N5O. The summed E-state index contributed by atoms with van der Waals surface area (Å²) in [5.41, 5.74) is 12.0. The van der Waals surface area contributed by atoms with Crippen LogP contribution in [0.4, 0.5) is 5.82 Å². The predicted octanol–water partition coefficient (Wildman–Crippen LogP) is 5.76. The lowest BCUT2D eigenvalue weighted by Gasteiger charge is -2.42. The molecule has 35 heavy (non-hydrogen) atoms. The van der Waals surface area contributed by atoms with Gasteiger partial charge >= 0.3 is 0 Å². The molecule has 0 unspecified atom stereocenters. The maximum atomic E-state index is 6.46. The fourth-order valence-corrected chi connectivity index (χ4v) is 5.94. The van der Waals surface area contributed by atoms with Gasteiger partial charge < -0.3 is 19.9 Å². The van der Waals surface area contributed by atoms with Crippen molar-refractivity contribution in [3.8, 4) is 16.9 Å². The Hall–Kier alpha value is -3.38. The SMILES string of the molecule is Cc1c(-c2cccc(OCc3ccccc3)c2)c2c(N)ncnc2n1C1CCC(N2CCC2)CC1. The van der Waals surface area contributed by atoms with Gasteiger partial charge in [-0.25, -0.2) is 9.97 Å². The van der Waals surface area contributed by atoms with Crippen LogP contribution in [0.25, 0.3) is 22.2 Å². The van der Waals surface area contributed by atoms with Gasteiger partial charge in [0.2, 0.25) is 0 Å². The van der Waals surface area contributed by atoms with E-state index >= 15 is 0 Å². The van der Waals surface area contributed by atoms with Crippen LogP contribution in [-0.4, -0.2) is 38.6 Å². The summed E-state index contributed by atoms with van der Waals surface area (Å²) in [5, 5.41) is 0.954. The van der Waals surface area contributed by atoms with Crippen molar-refractivity contribution in [2.24, 2.45) is 0 Å². The summed E-state index contributed by atoms with van der Waals surface area (Å²) in [4.78, 5) is 11.8. The maximum absolute atomic E-state index is 6.46. The van der Waals surface area contributed by atoms with Crippen LogP contribution >= 0.6 is 0 Å². The maximum Gasteiger partial charge on any atom is 0.146 e. The lowest BCUT2D eigenvalue weighted by Crippen LogP contribution is -2.46. The van der Waals surface area contributed by atoms with Crippen LogP contribution in [0.3, 0.4) is 0 Å². The van der Waals surface area contributed by atoms with Gasteiger partial charge in [-0.1, -0.05) is 42.5 Å². The number of ether oxygens (including phenoxy) is 1. The van der Waals surface area contributed by atoms with E-state index in [2.05, 4.69) is 51.7 Å². The van der Waals surface area contributed by atoms with Crippen molar-refractivity contribution in [1.29, 1.82) is 0 Å². The van der Waals surface area contributed by atoms with Crippen LogP contribution in [0.2, 0.25) is 0 Å². The molecule has 0 atom stereocenters. The van der Waals surface area contributed by atoms with Crippen molar-refractivity contribution >= 4 is 16.9 Å². The zero-order valence-electron chi connectivity index (χ0n) is 20.4. The molecule has 6 nitrogen and oxygen atoms in total. The minimum Gasteiger partial charge on any atom is -0.489 e. The van der Waals surface area contributed by atoms with E-state index in [4.69, 9.17) is 15.5 Å². The molecule has 3 heterocycles. The smallest absolute Gasteiger partial charge is 0.146 e. The minimum atomic E-state index is 0.440. The number of likely N-dealkylation sites (tertiary alicyclic amines) is 1. The van der Waals surface area contributed by atoms with Crippen LogP contribution in [0.5, 0.6) is 5.75 Å². The zero-order valence-corrected chi connectivity index (χ0v) is 20.4. The Balaban J connectivity index is 1.33. The summed E-state index contributed by atoms with van der Waals surface area (Å²) >= 11 is 0. The highest BCUT2D eigenvalue weighted by atomic mass is 16.5. The molecule has 0 spiro atoms. The van der Waals surface area contributed by atoms with Crippen molar-refractivity contribution in [2.45, 2.75) is 57.7 Å².